The number of aromatic nitrogens is 1. The first kappa shape index (κ1) is 21.1. The van der Waals surface area contributed by atoms with Crippen molar-refractivity contribution in [3.8, 4) is 5.88 Å². The van der Waals surface area contributed by atoms with E-state index in [0.29, 0.717) is 25.1 Å². The molecule has 29 heavy (non-hydrogen) atoms. The smallest absolute Gasteiger partial charge is 0.218 e. The first-order chi connectivity index (χ1) is 14.3. The van der Waals surface area contributed by atoms with E-state index in [1.807, 2.05) is 19.2 Å². The summed E-state index contributed by atoms with van der Waals surface area (Å²) in [6, 6.07) is 15.1. The average molecular weight is 396 g/mol. The van der Waals surface area contributed by atoms with E-state index in [-0.39, 0.29) is 0 Å². The second-order valence-corrected chi connectivity index (χ2v) is 7.42. The van der Waals surface area contributed by atoms with E-state index in [9.17, 15) is 0 Å². The van der Waals surface area contributed by atoms with Gasteiger partial charge in [0.05, 0.1) is 6.61 Å². The first-order valence-corrected chi connectivity index (χ1v) is 10.6. The van der Waals surface area contributed by atoms with Crippen molar-refractivity contribution in [3.05, 3.63) is 59.8 Å². The topological polar surface area (TPSA) is 61.8 Å². The Labute approximate surface area is 174 Å². The number of hydrogen-bond acceptors (Lipinski definition) is 4. The highest BCUT2D eigenvalue weighted by Gasteiger charge is 2.20. The Kier molecular flexibility index (Phi) is 8.31. The summed E-state index contributed by atoms with van der Waals surface area (Å²) in [6.07, 6.45) is 4.97. The van der Waals surface area contributed by atoms with E-state index >= 15 is 0 Å². The van der Waals surface area contributed by atoms with Crippen molar-refractivity contribution in [2.45, 2.75) is 45.3 Å². The number of hydrogen-bond donors (Lipinski definition) is 2. The fourth-order valence-corrected chi connectivity index (χ4v) is 3.53. The summed E-state index contributed by atoms with van der Waals surface area (Å²) in [6.45, 7) is 6.64. The Balaban J connectivity index is 1.44. The van der Waals surface area contributed by atoms with Gasteiger partial charge in [0.2, 0.25) is 5.88 Å². The molecule has 0 amide bonds. The van der Waals surface area contributed by atoms with Crippen LogP contribution in [0.25, 0.3) is 0 Å². The minimum absolute atomic E-state index is 0.443. The fourth-order valence-electron chi connectivity index (χ4n) is 3.53. The van der Waals surface area contributed by atoms with Crippen molar-refractivity contribution >= 4 is 5.96 Å². The number of nitrogens with one attached hydrogen (secondary N) is 2. The van der Waals surface area contributed by atoms with Crippen molar-refractivity contribution < 1.29 is 4.74 Å². The molecule has 1 aliphatic rings. The van der Waals surface area contributed by atoms with Gasteiger partial charge < -0.3 is 15.4 Å². The van der Waals surface area contributed by atoms with Crippen LogP contribution in [0.4, 0.5) is 0 Å². The van der Waals surface area contributed by atoms with Crippen molar-refractivity contribution in [3.63, 3.8) is 0 Å². The molecule has 0 bridgehead atoms. The number of likely N-dealkylation sites (tertiary alicyclic amines) is 1. The third kappa shape index (κ3) is 6.75. The Bertz CT molecular complexity index is 757. The maximum Gasteiger partial charge on any atom is 0.218 e. The summed E-state index contributed by atoms with van der Waals surface area (Å²) in [4.78, 5) is 11.3. The molecule has 6 heteroatoms. The van der Waals surface area contributed by atoms with E-state index in [0.717, 1.165) is 50.4 Å². The lowest BCUT2D eigenvalue weighted by molar-refractivity contribution is 0.198. The molecule has 1 aromatic carbocycles. The summed E-state index contributed by atoms with van der Waals surface area (Å²) in [5.41, 5.74) is 2.43. The van der Waals surface area contributed by atoms with Crippen molar-refractivity contribution in [2.24, 2.45) is 4.99 Å². The first-order valence-electron chi connectivity index (χ1n) is 10.6. The molecular weight excluding hydrogens is 362 g/mol. The zero-order valence-corrected chi connectivity index (χ0v) is 17.6. The number of guanidine groups is 1. The van der Waals surface area contributed by atoms with Gasteiger partial charge in [-0.15, -0.1) is 0 Å². The highest BCUT2D eigenvalue weighted by atomic mass is 16.5. The lowest BCUT2D eigenvalue weighted by atomic mass is 10.0. The van der Waals surface area contributed by atoms with Crippen LogP contribution in [0, 0.1) is 0 Å². The average Bonchev–Trinajstić information content (AvgIpc) is 2.77. The number of ether oxygens (including phenoxy) is 1. The molecule has 1 saturated heterocycles. The van der Waals surface area contributed by atoms with Crippen LogP contribution in [0.15, 0.2) is 53.7 Å². The lowest BCUT2D eigenvalue weighted by Gasteiger charge is -2.33. The van der Waals surface area contributed by atoms with E-state index in [1.54, 1.807) is 6.20 Å². The molecule has 1 fully saturated rings. The summed E-state index contributed by atoms with van der Waals surface area (Å²) >= 11 is 0. The predicted molar refractivity (Wildman–Crippen MR) is 118 cm³/mol. The van der Waals surface area contributed by atoms with Crippen LogP contribution in [-0.4, -0.2) is 48.6 Å². The Hall–Kier alpha value is -2.60. The third-order valence-corrected chi connectivity index (χ3v) is 5.14. The van der Waals surface area contributed by atoms with E-state index < -0.39 is 0 Å². The second kappa shape index (κ2) is 11.4. The van der Waals surface area contributed by atoms with Crippen LogP contribution in [0.1, 0.15) is 37.3 Å². The molecule has 0 spiro atoms. The number of rotatable bonds is 8. The molecule has 0 aliphatic carbocycles. The van der Waals surface area contributed by atoms with E-state index in [4.69, 9.17) is 4.74 Å². The molecule has 0 radical (unpaired) electrons. The monoisotopic (exact) mass is 395 g/mol. The van der Waals surface area contributed by atoms with Gasteiger partial charge in [-0.05, 0) is 30.9 Å². The van der Waals surface area contributed by atoms with Gasteiger partial charge in [0.15, 0.2) is 5.96 Å². The molecule has 0 saturated carbocycles. The van der Waals surface area contributed by atoms with Crippen LogP contribution in [0.3, 0.4) is 0 Å². The normalized spacial score (nSPS) is 15.9. The SMILES string of the molecule is CCCOc1ncccc1CNC(=NC)NC1CCN(Cc2ccccc2)CC1. The lowest BCUT2D eigenvalue weighted by Crippen LogP contribution is -2.48. The van der Waals surface area contributed by atoms with Gasteiger partial charge in [0.25, 0.3) is 0 Å². The van der Waals surface area contributed by atoms with Crippen LogP contribution >= 0.6 is 0 Å². The van der Waals surface area contributed by atoms with Gasteiger partial charge in [-0.2, -0.15) is 0 Å². The number of benzene rings is 1. The quantitative estimate of drug-likeness (QED) is 0.531. The van der Waals surface area contributed by atoms with Gasteiger partial charge >= 0.3 is 0 Å². The summed E-state index contributed by atoms with van der Waals surface area (Å²) < 4.78 is 5.75. The molecular formula is C23H33N5O. The molecule has 3 rings (SSSR count). The predicted octanol–water partition coefficient (Wildman–Crippen LogP) is 3.20. The number of nitrogens with zero attached hydrogens (tertiary/aromatic N) is 3. The maximum atomic E-state index is 5.75. The third-order valence-electron chi connectivity index (χ3n) is 5.14. The summed E-state index contributed by atoms with van der Waals surface area (Å²) in [5, 5.41) is 6.98. The summed E-state index contributed by atoms with van der Waals surface area (Å²) in [7, 11) is 1.82. The molecule has 1 aliphatic heterocycles. The number of aliphatic imine (C=N–C) groups is 1. The minimum Gasteiger partial charge on any atom is -0.477 e. The van der Waals surface area contributed by atoms with Crippen molar-refractivity contribution in [1.82, 2.24) is 20.5 Å². The van der Waals surface area contributed by atoms with Crippen molar-refractivity contribution in [1.29, 1.82) is 0 Å². The second-order valence-electron chi connectivity index (χ2n) is 7.42. The van der Waals surface area contributed by atoms with Crippen LogP contribution in [-0.2, 0) is 13.1 Å². The zero-order valence-electron chi connectivity index (χ0n) is 17.6. The molecule has 0 unspecified atom stereocenters. The largest absolute Gasteiger partial charge is 0.477 e. The standard InChI is InChI=1S/C23H33N5O/c1-3-16-29-22-20(10-7-13-25-22)17-26-23(24-2)27-21-11-14-28(15-12-21)18-19-8-5-4-6-9-19/h4-10,13,21H,3,11-12,14-18H2,1-2H3,(H2,24,26,27). The maximum absolute atomic E-state index is 5.75. The van der Waals surface area contributed by atoms with Crippen LogP contribution in [0.5, 0.6) is 5.88 Å². The molecule has 156 valence electrons. The van der Waals surface area contributed by atoms with Gasteiger partial charge in [-0.3, -0.25) is 9.89 Å². The number of pyridine rings is 1. The molecule has 1 aromatic heterocycles. The Morgan fingerprint density at radius 3 is 2.69 bits per heavy atom. The Morgan fingerprint density at radius 1 is 1.17 bits per heavy atom. The van der Waals surface area contributed by atoms with E-state index in [2.05, 4.69) is 62.8 Å². The zero-order chi connectivity index (χ0) is 20.3. The van der Waals surface area contributed by atoms with Gasteiger partial charge in [-0.25, -0.2) is 4.98 Å². The fraction of sp³-hybridized carbons (Fsp3) is 0.478. The molecule has 2 N–H and O–H groups in total. The van der Waals surface area contributed by atoms with E-state index in [1.165, 1.54) is 5.56 Å². The van der Waals surface area contributed by atoms with Crippen LogP contribution in [0.2, 0.25) is 0 Å². The number of piperidine rings is 1. The van der Waals surface area contributed by atoms with Crippen LogP contribution < -0.4 is 15.4 Å². The molecule has 2 heterocycles. The highest BCUT2D eigenvalue weighted by molar-refractivity contribution is 5.80. The van der Waals surface area contributed by atoms with Gasteiger partial charge in [0, 0.05) is 51.0 Å². The molecule has 2 aromatic rings. The molecule has 0 atom stereocenters. The minimum atomic E-state index is 0.443. The van der Waals surface area contributed by atoms with Gasteiger partial charge in [-0.1, -0.05) is 43.3 Å². The highest BCUT2D eigenvalue weighted by Crippen LogP contribution is 2.15. The Morgan fingerprint density at radius 2 is 1.97 bits per heavy atom. The van der Waals surface area contributed by atoms with Gasteiger partial charge in [0.1, 0.15) is 0 Å². The summed E-state index contributed by atoms with van der Waals surface area (Å²) in [5.74, 6) is 1.53. The van der Waals surface area contributed by atoms with Crippen molar-refractivity contribution in [2.75, 3.05) is 26.7 Å². The molecule has 6 nitrogen and oxygen atoms in total.